The fourth-order valence-electron chi connectivity index (χ4n) is 1.16. The maximum atomic E-state index is 11.2. The number of hydrazine groups is 1. The molecule has 1 rings (SSSR count). The molecule has 0 atom stereocenters. The van der Waals surface area contributed by atoms with E-state index in [1.54, 1.807) is 0 Å². The van der Waals surface area contributed by atoms with Crippen molar-refractivity contribution in [2.45, 2.75) is 13.0 Å². The van der Waals surface area contributed by atoms with Crippen molar-refractivity contribution in [3.05, 3.63) is 35.9 Å². The van der Waals surface area contributed by atoms with E-state index in [9.17, 15) is 9.59 Å². The molecule has 0 saturated carbocycles. The number of rotatable bonds is 6. The average molecular weight is 252 g/mol. The molecule has 2 N–H and O–H groups in total. The monoisotopic (exact) mass is 252 g/mol. The second kappa shape index (κ2) is 8.08. The first-order valence-corrected chi connectivity index (χ1v) is 5.48. The number of methoxy groups -OCH3 is 1. The van der Waals surface area contributed by atoms with Crippen LogP contribution in [0.5, 0.6) is 0 Å². The van der Waals surface area contributed by atoms with E-state index in [0.717, 1.165) is 5.56 Å². The summed E-state index contributed by atoms with van der Waals surface area (Å²) in [4.78, 5) is 22.0. The number of ether oxygens (including phenoxy) is 2. The van der Waals surface area contributed by atoms with E-state index in [4.69, 9.17) is 4.74 Å². The molecule has 0 bridgehead atoms. The van der Waals surface area contributed by atoms with Gasteiger partial charge in [0.2, 0.25) is 0 Å². The van der Waals surface area contributed by atoms with Crippen LogP contribution in [-0.4, -0.2) is 25.7 Å². The Balaban J connectivity index is 2.09. The van der Waals surface area contributed by atoms with Crippen molar-refractivity contribution in [3.8, 4) is 0 Å². The highest BCUT2D eigenvalue weighted by atomic mass is 16.6. The molecule has 1 aromatic rings. The van der Waals surface area contributed by atoms with Gasteiger partial charge in [0.05, 0.1) is 13.5 Å². The summed E-state index contributed by atoms with van der Waals surface area (Å²) >= 11 is 0. The highest BCUT2D eigenvalue weighted by molar-refractivity contribution is 5.69. The molecule has 1 amide bonds. The van der Waals surface area contributed by atoms with Gasteiger partial charge in [-0.3, -0.25) is 10.2 Å². The van der Waals surface area contributed by atoms with E-state index in [0.29, 0.717) is 0 Å². The van der Waals surface area contributed by atoms with Crippen molar-refractivity contribution in [2.75, 3.05) is 13.7 Å². The first-order chi connectivity index (χ1) is 8.72. The van der Waals surface area contributed by atoms with E-state index >= 15 is 0 Å². The lowest BCUT2D eigenvalue weighted by atomic mass is 10.2. The Morgan fingerprint density at radius 3 is 2.61 bits per heavy atom. The maximum Gasteiger partial charge on any atom is 0.421 e. The van der Waals surface area contributed by atoms with Gasteiger partial charge in [0.15, 0.2) is 0 Å². The highest BCUT2D eigenvalue weighted by Crippen LogP contribution is 1.99. The van der Waals surface area contributed by atoms with Crippen LogP contribution in [0.1, 0.15) is 12.0 Å². The van der Waals surface area contributed by atoms with Gasteiger partial charge in [-0.25, -0.2) is 10.2 Å². The average Bonchev–Trinajstić information content (AvgIpc) is 2.42. The summed E-state index contributed by atoms with van der Waals surface area (Å²) < 4.78 is 9.37. The number of esters is 1. The van der Waals surface area contributed by atoms with Crippen LogP contribution in [-0.2, 0) is 20.9 Å². The molecule has 0 spiro atoms. The molecular weight excluding hydrogens is 236 g/mol. The lowest BCUT2D eigenvalue weighted by molar-refractivity contribution is -0.140. The first-order valence-electron chi connectivity index (χ1n) is 5.48. The molecule has 0 aliphatic heterocycles. The summed E-state index contributed by atoms with van der Waals surface area (Å²) in [6.07, 6.45) is -0.418. The molecule has 6 nitrogen and oxygen atoms in total. The Labute approximate surface area is 105 Å². The molecule has 0 aromatic heterocycles. The summed E-state index contributed by atoms with van der Waals surface area (Å²) in [5.41, 5.74) is 5.78. The third-order valence-electron chi connectivity index (χ3n) is 2.08. The molecule has 0 unspecified atom stereocenters. The number of hydrogen-bond donors (Lipinski definition) is 2. The zero-order valence-electron chi connectivity index (χ0n) is 10.1. The van der Waals surface area contributed by atoms with E-state index in [-0.39, 0.29) is 25.5 Å². The van der Waals surface area contributed by atoms with Crippen molar-refractivity contribution in [1.29, 1.82) is 0 Å². The number of nitrogens with one attached hydrogen (secondary N) is 2. The van der Waals surface area contributed by atoms with Gasteiger partial charge in [0.25, 0.3) is 0 Å². The lowest BCUT2D eigenvalue weighted by Gasteiger charge is -2.07. The SMILES string of the molecule is COC(=O)CCNNC(=O)OCc1ccccc1. The van der Waals surface area contributed by atoms with Crippen LogP contribution in [0.25, 0.3) is 0 Å². The molecule has 0 aliphatic rings. The molecule has 0 heterocycles. The summed E-state index contributed by atoms with van der Waals surface area (Å²) in [5, 5.41) is 0. The first kappa shape index (κ1) is 14.0. The minimum absolute atomic E-state index is 0.176. The number of hydrogen-bond acceptors (Lipinski definition) is 5. The van der Waals surface area contributed by atoms with E-state index < -0.39 is 6.09 Å². The second-order valence-electron chi connectivity index (χ2n) is 3.44. The number of benzene rings is 1. The van der Waals surface area contributed by atoms with Crippen LogP contribution in [0.3, 0.4) is 0 Å². The van der Waals surface area contributed by atoms with Gasteiger partial charge in [0.1, 0.15) is 6.61 Å². The molecule has 0 saturated heterocycles. The zero-order chi connectivity index (χ0) is 13.2. The Morgan fingerprint density at radius 2 is 1.94 bits per heavy atom. The second-order valence-corrected chi connectivity index (χ2v) is 3.44. The Bertz CT molecular complexity index is 381. The number of carbonyl (C=O) groups excluding carboxylic acids is 2. The molecule has 6 heteroatoms. The maximum absolute atomic E-state index is 11.2. The lowest BCUT2D eigenvalue weighted by Crippen LogP contribution is -2.38. The molecule has 98 valence electrons. The van der Waals surface area contributed by atoms with Gasteiger partial charge in [-0.2, -0.15) is 0 Å². The molecule has 0 aliphatic carbocycles. The summed E-state index contributed by atoms with van der Waals surface area (Å²) in [6.45, 7) is 0.485. The quantitative estimate of drug-likeness (QED) is 0.448. The molecule has 0 fully saturated rings. The van der Waals surface area contributed by atoms with Crippen molar-refractivity contribution in [2.24, 2.45) is 0 Å². The van der Waals surface area contributed by atoms with Crippen molar-refractivity contribution in [1.82, 2.24) is 10.9 Å². The predicted octanol–water partition coefficient (Wildman–Crippen LogP) is 0.981. The van der Waals surface area contributed by atoms with Crippen molar-refractivity contribution >= 4 is 12.1 Å². The molecule has 1 aromatic carbocycles. The number of amides is 1. The van der Waals surface area contributed by atoms with E-state index in [1.165, 1.54) is 7.11 Å². The fourth-order valence-corrected chi connectivity index (χ4v) is 1.16. The standard InChI is InChI=1S/C12H16N2O4/c1-17-11(15)7-8-13-14-12(16)18-9-10-5-3-2-4-6-10/h2-6,13H,7-9H2,1H3,(H,14,16). The highest BCUT2D eigenvalue weighted by Gasteiger charge is 2.03. The van der Waals surface area contributed by atoms with Gasteiger partial charge in [-0.15, -0.1) is 0 Å². The van der Waals surface area contributed by atoms with Crippen LogP contribution < -0.4 is 10.9 Å². The minimum atomic E-state index is -0.594. The van der Waals surface area contributed by atoms with Gasteiger partial charge in [-0.05, 0) is 5.56 Å². The summed E-state index contributed by atoms with van der Waals surface area (Å²) in [5.74, 6) is -0.345. The Kier molecular flexibility index (Phi) is 6.27. The predicted molar refractivity (Wildman–Crippen MR) is 64.4 cm³/mol. The van der Waals surface area contributed by atoms with Crippen LogP contribution in [0.4, 0.5) is 4.79 Å². The molecular formula is C12H16N2O4. The Hall–Kier alpha value is -2.08. The molecule has 0 radical (unpaired) electrons. The normalized spacial score (nSPS) is 9.61. The minimum Gasteiger partial charge on any atom is -0.469 e. The Morgan fingerprint density at radius 1 is 1.22 bits per heavy atom. The van der Waals surface area contributed by atoms with Gasteiger partial charge >= 0.3 is 12.1 Å². The van der Waals surface area contributed by atoms with Gasteiger partial charge < -0.3 is 9.47 Å². The van der Waals surface area contributed by atoms with Crippen LogP contribution in [0, 0.1) is 0 Å². The third kappa shape index (κ3) is 5.86. The third-order valence-corrected chi connectivity index (χ3v) is 2.08. The molecule has 18 heavy (non-hydrogen) atoms. The smallest absolute Gasteiger partial charge is 0.421 e. The summed E-state index contributed by atoms with van der Waals surface area (Å²) in [7, 11) is 1.31. The number of carbonyl (C=O) groups is 2. The van der Waals surface area contributed by atoms with Crippen LogP contribution >= 0.6 is 0 Å². The van der Waals surface area contributed by atoms with Crippen LogP contribution in [0.15, 0.2) is 30.3 Å². The summed E-state index contributed by atoms with van der Waals surface area (Å²) in [6, 6.07) is 9.34. The van der Waals surface area contributed by atoms with E-state index in [2.05, 4.69) is 15.6 Å². The zero-order valence-corrected chi connectivity index (χ0v) is 10.1. The van der Waals surface area contributed by atoms with Crippen LogP contribution in [0.2, 0.25) is 0 Å². The van der Waals surface area contributed by atoms with Gasteiger partial charge in [-0.1, -0.05) is 30.3 Å². The van der Waals surface area contributed by atoms with Crippen molar-refractivity contribution < 1.29 is 19.1 Å². The fraction of sp³-hybridized carbons (Fsp3) is 0.333. The van der Waals surface area contributed by atoms with Gasteiger partial charge in [0, 0.05) is 6.54 Å². The van der Waals surface area contributed by atoms with E-state index in [1.807, 2.05) is 30.3 Å². The van der Waals surface area contributed by atoms with Crippen molar-refractivity contribution in [3.63, 3.8) is 0 Å². The topological polar surface area (TPSA) is 76.7 Å². The largest absolute Gasteiger partial charge is 0.469 e.